The number of hydrogen-bond acceptors (Lipinski definition) is 3. The average molecular weight is 304 g/mol. The summed E-state index contributed by atoms with van der Waals surface area (Å²) < 4.78 is 0. The molecule has 0 bridgehead atoms. The molecule has 2 unspecified atom stereocenters. The summed E-state index contributed by atoms with van der Waals surface area (Å²) >= 11 is 0. The van der Waals surface area contributed by atoms with E-state index in [1.165, 1.54) is 0 Å². The summed E-state index contributed by atoms with van der Waals surface area (Å²) in [5.41, 5.74) is 0. The van der Waals surface area contributed by atoms with E-state index in [1.807, 2.05) is 18.9 Å². The number of nitrogens with one attached hydrogen (secondary N) is 2. The lowest BCUT2D eigenvalue weighted by molar-refractivity contribution is -0.136. The van der Waals surface area contributed by atoms with Crippen molar-refractivity contribution < 1.29 is 9.59 Å². The molecular formula is C14H26ClN3O2. The van der Waals surface area contributed by atoms with E-state index in [2.05, 4.69) is 10.6 Å². The molecule has 1 aliphatic heterocycles. The maximum absolute atomic E-state index is 12.1. The normalized spacial score (nSPS) is 23.7. The molecule has 1 saturated heterocycles. The van der Waals surface area contributed by atoms with E-state index in [-0.39, 0.29) is 42.1 Å². The molecule has 2 N–H and O–H groups in total. The highest BCUT2D eigenvalue weighted by Gasteiger charge is 2.36. The summed E-state index contributed by atoms with van der Waals surface area (Å²) in [4.78, 5) is 26.0. The van der Waals surface area contributed by atoms with Crippen molar-refractivity contribution in [2.24, 2.45) is 11.8 Å². The van der Waals surface area contributed by atoms with Gasteiger partial charge in [-0.1, -0.05) is 0 Å². The maximum Gasteiger partial charge on any atom is 0.225 e. The Morgan fingerprint density at radius 1 is 1.25 bits per heavy atom. The van der Waals surface area contributed by atoms with E-state index in [9.17, 15) is 9.59 Å². The Labute approximate surface area is 127 Å². The van der Waals surface area contributed by atoms with Crippen LogP contribution in [0.2, 0.25) is 0 Å². The number of amides is 2. The lowest BCUT2D eigenvalue weighted by Gasteiger charge is -2.32. The number of nitrogens with zero attached hydrogens (tertiary/aromatic N) is 1. The van der Waals surface area contributed by atoms with Crippen LogP contribution in [0.15, 0.2) is 0 Å². The molecule has 2 amide bonds. The van der Waals surface area contributed by atoms with Crippen LogP contribution in [0.25, 0.3) is 0 Å². The minimum atomic E-state index is -0.0273. The molecule has 0 radical (unpaired) electrons. The number of carbonyl (C=O) groups excluding carboxylic acids is 2. The molecule has 5 nitrogen and oxygen atoms in total. The van der Waals surface area contributed by atoms with Crippen molar-refractivity contribution in [1.29, 1.82) is 0 Å². The zero-order valence-electron chi connectivity index (χ0n) is 12.4. The van der Waals surface area contributed by atoms with Gasteiger partial charge in [0, 0.05) is 31.6 Å². The van der Waals surface area contributed by atoms with E-state index >= 15 is 0 Å². The number of piperidine rings is 1. The van der Waals surface area contributed by atoms with Gasteiger partial charge >= 0.3 is 0 Å². The average Bonchev–Trinajstić information content (AvgIpc) is 3.28. The molecular weight excluding hydrogens is 278 g/mol. The Morgan fingerprint density at radius 2 is 1.95 bits per heavy atom. The largest absolute Gasteiger partial charge is 0.354 e. The van der Waals surface area contributed by atoms with E-state index in [1.54, 1.807) is 0 Å². The lowest BCUT2D eigenvalue weighted by atomic mass is 9.96. The van der Waals surface area contributed by atoms with Crippen molar-refractivity contribution in [3.8, 4) is 0 Å². The summed E-state index contributed by atoms with van der Waals surface area (Å²) in [6, 6.07) is 0.275. The topological polar surface area (TPSA) is 61.4 Å². The molecule has 2 atom stereocenters. The highest BCUT2D eigenvalue weighted by Crippen LogP contribution is 2.32. The molecule has 0 aromatic carbocycles. The summed E-state index contributed by atoms with van der Waals surface area (Å²) in [5.74, 6) is 0.586. The predicted octanol–water partition coefficient (Wildman–Crippen LogP) is 0.781. The number of rotatable bonds is 5. The van der Waals surface area contributed by atoms with Gasteiger partial charge in [-0.05, 0) is 39.7 Å². The Kier molecular flexibility index (Phi) is 6.76. The third-order valence-corrected chi connectivity index (χ3v) is 4.11. The Balaban J connectivity index is 0.00000200. The zero-order chi connectivity index (χ0) is 13.8. The quantitative estimate of drug-likeness (QED) is 0.789. The second-order valence-corrected chi connectivity index (χ2v) is 5.83. The van der Waals surface area contributed by atoms with E-state index < -0.39 is 0 Å². The maximum atomic E-state index is 12.1. The van der Waals surface area contributed by atoms with Crippen LogP contribution in [-0.4, -0.2) is 49.4 Å². The minimum absolute atomic E-state index is 0. The third kappa shape index (κ3) is 4.63. The Morgan fingerprint density at radius 3 is 2.55 bits per heavy atom. The molecule has 2 aliphatic rings. The highest BCUT2D eigenvalue weighted by atomic mass is 35.5. The first-order valence-electron chi connectivity index (χ1n) is 7.35. The smallest absolute Gasteiger partial charge is 0.225 e. The SMILES string of the molecule is CNC(C)CNC(=O)C1CCCN(C(=O)C2CC2)C1.Cl. The zero-order valence-corrected chi connectivity index (χ0v) is 13.2. The van der Waals surface area contributed by atoms with Crippen molar-refractivity contribution in [1.82, 2.24) is 15.5 Å². The first-order chi connectivity index (χ1) is 9.11. The molecule has 116 valence electrons. The lowest BCUT2D eigenvalue weighted by Crippen LogP contribution is -2.47. The van der Waals surface area contributed by atoms with Crippen LogP contribution in [-0.2, 0) is 9.59 Å². The molecule has 0 aromatic heterocycles. The second kappa shape index (κ2) is 7.84. The van der Waals surface area contributed by atoms with Crippen LogP contribution < -0.4 is 10.6 Å². The summed E-state index contributed by atoms with van der Waals surface area (Å²) in [5, 5.41) is 6.06. The van der Waals surface area contributed by atoms with Crippen molar-refractivity contribution >= 4 is 24.2 Å². The first kappa shape index (κ1) is 17.2. The summed E-state index contributed by atoms with van der Waals surface area (Å²) in [6.45, 7) is 4.10. The molecule has 20 heavy (non-hydrogen) atoms. The number of likely N-dealkylation sites (N-methyl/N-ethyl adjacent to an activating group) is 1. The second-order valence-electron chi connectivity index (χ2n) is 5.83. The van der Waals surface area contributed by atoms with Gasteiger partial charge in [-0.3, -0.25) is 9.59 Å². The first-order valence-corrected chi connectivity index (χ1v) is 7.35. The minimum Gasteiger partial charge on any atom is -0.354 e. The fraction of sp³-hybridized carbons (Fsp3) is 0.857. The molecule has 1 saturated carbocycles. The van der Waals surface area contributed by atoms with E-state index in [0.717, 1.165) is 32.2 Å². The summed E-state index contributed by atoms with van der Waals surface area (Å²) in [6.07, 6.45) is 3.91. The van der Waals surface area contributed by atoms with Crippen LogP contribution >= 0.6 is 12.4 Å². The van der Waals surface area contributed by atoms with Crippen LogP contribution in [0, 0.1) is 11.8 Å². The van der Waals surface area contributed by atoms with Crippen LogP contribution in [0.5, 0.6) is 0 Å². The van der Waals surface area contributed by atoms with E-state index in [4.69, 9.17) is 0 Å². The van der Waals surface area contributed by atoms with Gasteiger partial charge in [0.15, 0.2) is 0 Å². The van der Waals surface area contributed by atoms with Gasteiger partial charge in [0.05, 0.1) is 5.92 Å². The molecule has 2 fully saturated rings. The van der Waals surface area contributed by atoms with Crippen molar-refractivity contribution in [3.63, 3.8) is 0 Å². The fourth-order valence-corrected chi connectivity index (χ4v) is 2.48. The fourth-order valence-electron chi connectivity index (χ4n) is 2.48. The van der Waals surface area contributed by atoms with Gasteiger partial charge in [0.1, 0.15) is 0 Å². The number of hydrogen-bond donors (Lipinski definition) is 2. The standard InChI is InChI=1S/C14H25N3O2.ClH/c1-10(15-2)8-16-13(18)12-4-3-7-17(9-12)14(19)11-5-6-11;/h10-12,15H,3-9H2,1-2H3,(H,16,18);1H. The predicted molar refractivity (Wildman–Crippen MR) is 80.8 cm³/mol. The van der Waals surface area contributed by atoms with Crippen molar-refractivity contribution in [2.75, 3.05) is 26.7 Å². The summed E-state index contributed by atoms with van der Waals surface area (Å²) in [7, 11) is 1.88. The van der Waals surface area contributed by atoms with Gasteiger partial charge in [-0.25, -0.2) is 0 Å². The molecule has 0 spiro atoms. The van der Waals surface area contributed by atoms with Crippen molar-refractivity contribution in [2.45, 2.75) is 38.6 Å². The number of likely N-dealkylation sites (tertiary alicyclic amines) is 1. The van der Waals surface area contributed by atoms with E-state index in [0.29, 0.717) is 13.1 Å². The van der Waals surface area contributed by atoms with Crippen LogP contribution in [0.1, 0.15) is 32.6 Å². The Bertz CT molecular complexity index is 347. The molecule has 6 heteroatoms. The van der Waals surface area contributed by atoms with Crippen molar-refractivity contribution in [3.05, 3.63) is 0 Å². The third-order valence-electron chi connectivity index (χ3n) is 4.11. The van der Waals surface area contributed by atoms with Crippen LogP contribution in [0.4, 0.5) is 0 Å². The van der Waals surface area contributed by atoms with Gasteiger partial charge in [-0.15, -0.1) is 12.4 Å². The monoisotopic (exact) mass is 303 g/mol. The molecule has 1 heterocycles. The van der Waals surface area contributed by atoms with Gasteiger partial charge in [0.25, 0.3) is 0 Å². The van der Waals surface area contributed by atoms with Gasteiger partial charge in [0.2, 0.25) is 11.8 Å². The molecule has 0 aromatic rings. The van der Waals surface area contributed by atoms with Gasteiger partial charge in [-0.2, -0.15) is 0 Å². The Hall–Kier alpha value is -0.810. The number of carbonyl (C=O) groups is 2. The van der Waals surface area contributed by atoms with Gasteiger partial charge < -0.3 is 15.5 Å². The highest BCUT2D eigenvalue weighted by molar-refractivity contribution is 5.85. The van der Waals surface area contributed by atoms with Crippen LogP contribution in [0.3, 0.4) is 0 Å². The molecule has 2 rings (SSSR count). The number of halogens is 1. The molecule has 1 aliphatic carbocycles.